The Kier molecular flexibility index (Phi) is 10.6. The third-order valence-electron chi connectivity index (χ3n) is 4.51. The molecule has 32 heavy (non-hydrogen) atoms. The number of nitrogens with one attached hydrogen (secondary N) is 1. The molecular formula is C21H23Cl3N4O3S. The molecule has 0 saturated heterocycles. The van der Waals surface area contributed by atoms with E-state index in [2.05, 4.69) is 10.3 Å². The number of carbonyl (C=O) groups excluding carboxylic acids is 1. The molecule has 1 heterocycles. The fourth-order valence-corrected chi connectivity index (χ4v) is 4.11. The maximum Gasteiger partial charge on any atom is 0.255 e. The largest absolute Gasteiger partial charge is 0.323 e. The third kappa shape index (κ3) is 6.90. The van der Waals surface area contributed by atoms with Crippen LogP contribution >= 0.6 is 36.4 Å². The molecule has 0 saturated carbocycles. The summed E-state index contributed by atoms with van der Waals surface area (Å²) in [6.07, 6.45) is 3.18. The van der Waals surface area contributed by atoms with Gasteiger partial charge < -0.3 is 11.1 Å². The average molecular weight is 518 g/mol. The van der Waals surface area contributed by atoms with Crippen molar-refractivity contribution in [2.75, 3.05) is 18.9 Å². The number of likely N-dealkylation sites (N-methyl/N-ethyl adjacent to an activating group) is 1. The number of benzene rings is 2. The van der Waals surface area contributed by atoms with Gasteiger partial charge in [0.15, 0.2) is 0 Å². The Bertz CT molecular complexity index is 1110. The van der Waals surface area contributed by atoms with Crippen molar-refractivity contribution in [2.45, 2.75) is 10.9 Å². The minimum absolute atomic E-state index is 0. The molecule has 0 aliphatic heterocycles. The normalized spacial score (nSPS) is 11.8. The van der Waals surface area contributed by atoms with E-state index in [0.717, 1.165) is 0 Å². The standard InChI is InChI=1S/C21H21ClN4O3S.2ClH/c1-26(30(28,29)19-8-6-17(22)7-9-19)14-20(23)15-2-4-16(5-3-15)21(27)25-18-10-12-24-13-11-18;;/h2-13,20H,14,23H2,1H3,(H,24,25,27);2*1H. The van der Waals surface area contributed by atoms with Crippen LogP contribution in [0.1, 0.15) is 22.0 Å². The maximum absolute atomic E-state index is 12.7. The predicted octanol–water partition coefficient (Wildman–Crippen LogP) is 4.15. The smallest absolute Gasteiger partial charge is 0.255 e. The van der Waals surface area contributed by atoms with Crippen LogP contribution in [0.2, 0.25) is 5.02 Å². The van der Waals surface area contributed by atoms with Gasteiger partial charge in [-0.05, 0) is 54.1 Å². The van der Waals surface area contributed by atoms with Crippen molar-refractivity contribution in [3.05, 3.63) is 89.2 Å². The number of rotatable bonds is 7. The first-order chi connectivity index (χ1) is 14.3. The summed E-state index contributed by atoms with van der Waals surface area (Å²) in [6.45, 7) is 0.0769. The van der Waals surface area contributed by atoms with Crippen LogP contribution in [0.3, 0.4) is 0 Å². The summed E-state index contributed by atoms with van der Waals surface area (Å²) in [5, 5.41) is 3.23. The number of hydrogen-bond acceptors (Lipinski definition) is 5. The molecule has 0 fully saturated rings. The van der Waals surface area contributed by atoms with Gasteiger partial charge in [-0.2, -0.15) is 4.31 Å². The summed E-state index contributed by atoms with van der Waals surface area (Å²) in [5.41, 5.74) is 8.03. The monoisotopic (exact) mass is 516 g/mol. The Morgan fingerprint density at radius 2 is 1.59 bits per heavy atom. The molecule has 0 radical (unpaired) electrons. The molecule has 1 aromatic heterocycles. The van der Waals surface area contributed by atoms with Crippen molar-refractivity contribution in [2.24, 2.45) is 5.73 Å². The van der Waals surface area contributed by atoms with Gasteiger partial charge in [-0.3, -0.25) is 9.78 Å². The number of aromatic nitrogens is 1. The van der Waals surface area contributed by atoms with E-state index < -0.39 is 16.1 Å². The zero-order valence-electron chi connectivity index (χ0n) is 17.0. The van der Waals surface area contributed by atoms with Crippen molar-refractivity contribution in [1.82, 2.24) is 9.29 Å². The highest BCUT2D eigenvalue weighted by molar-refractivity contribution is 7.89. The minimum Gasteiger partial charge on any atom is -0.323 e. The van der Waals surface area contributed by atoms with Crippen LogP contribution in [0.4, 0.5) is 5.69 Å². The van der Waals surface area contributed by atoms with Gasteiger partial charge in [-0.1, -0.05) is 23.7 Å². The zero-order valence-corrected chi connectivity index (χ0v) is 20.2. The highest BCUT2D eigenvalue weighted by atomic mass is 35.5. The van der Waals surface area contributed by atoms with Crippen LogP contribution in [0.5, 0.6) is 0 Å². The number of halogens is 3. The topological polar surface area (TPSA) is 105 Å². The van der Waals surface area contributed by atoms with E-state index >= 15 is 0 Å². The molecule has 1 unspecified atom stereocenters. The summed E-state index contributed by atoms with van der Waals surface area (Å²) < 4.78 is 26.6. The Balaban J connectivity index is 0.00000256. The highest BCUT2D eigenvalue weighted by Gasteiger charge is 2.23. The molecule has 1 amide bonds. The lowest BCUT2D eigenvalue weighted by Gasteiger charge is -2.21. The Morgan fingerprint density at radius 1 is 1.03 bits per heavy atom. The lowest BCUT2D eigenvalue weighted by Crippen LogP contribution is -2.34. The molecule has 172 valence electrons. The van der Waals surface area contributed by atoms with E-state index in [1.807, 2.05) is 0 Å². The summed E-state index contributed by atoms with van der Waals surface area (Å²) >= 11 is 5.83. The number of nitrogens with two attached hydrogens (primary N) is 1. The van der Waals surface area contributed by atoms with Crippen LogP contribution in [-0.2, 0) is 10.0 Å². The van der Waals surface area contributed by atoms with E-state index in [1.54, 1.807) is 48.8 Å². The fraction of sp³-hybridized carbons (Fsp3) is 0.143. The molecule has 2 aromatic carbocycles. The third-order valence-corrected chi connectivity index (χ3v) is 6.60. The van der Waals surface area contributed by atoms with Crippen LogP contribution in [0.15, 0.2) is 78.0 Å². The van der Waals surface area contributed by atoms with Crippen molar-refractivity contribution in [3.63, 3.8) is 0 Å². The lowest BCUT2D eigenvalue weighted by molar-refractivity contribution is 0.102. The lowest BCUT2D eigenvalue weighted by atomic mass is 10.1. The van der Waals surface area contributed by atoms with Gasteiger partial charge >= 0.3 is 0 Å². The molecule has 0 aliphatic rings. The average Bonchev–Trinajstić information content (AvgIpc) is 2.74. The summed E-state index contributed by atoms with van der Waals surface area (Å²) in [5.74, 6) is -0.260. The molecular weight excluding hydrogens is 495 g/mol. The van der Waals surface area contributed by atoms with Crippen LogP contribution in [0.25, 0.3) is 0 Å². The number of sulfonamides is 1. The first-order valence-electron chi connectivity index (χ1n) is 9.06. The second-order valence-corrected chi connectivity index (χ2v) is 9.14. The summed E-state index contributed by atoms with van der Waals surface area (Å²) in [7, 11) is -2.22. The highest BCUT2D eigenvalue weighted by Crippen LogP contribution is 2.20. The molecule has 0 aliphatic carbocycles. The molecule has 1 atom stereocenters. The van der Waals surface area contributed by atoms with Crippen molar-refractivity contribution >= 4 is 58.0 Å². The number of nitrogens with zero attached hydrogens (tertiary/aromatic N) is 2. The van der Waals surface area contributed by atoms with Gasteiger partial charge in [0.1, 0.15) is 0 Å². The van der Waals surface area contributed by atoms with Crippen molar-refractivity contribution in [3.8, 4) is 0 Å². The van der Waals surface area contributed by atoms with Crippen molar-refractivity contribution < 1.29 is 13.2 Å². The molecule has 3 rings (SSSR count). The van der Waals surface area contributed by atoms with Gasteiger partial charge in [-0.25, -0.2) is 8.42 Å². The van der Waals surface area contributed by atoms with Gasteiger partial charge in [0.05, 0.1) is 4.90 Å². The SMILES string of the molecule is CN(CC(N)c1ccc(C(=O)Nc2ccncc2)cc1)S(=O)(=O)c1ccc(Cl)cc1.Cl.Cl. The van der Waals surface area contributed by atoms with Gasteiger partial charge in [-0.15, -0.1) is 24.8 Å². The summed E-state index contributed by atoms with van der Waals surface area (Å²) in [6, 6.07) is 15.5. The van der Waals surface area contributed by atoms with Crippen LogP contribution in [-0.4, -0.2) is 37.2 Å². The second-order valence-electron chi connectivity index (χ2n) is 6.66. The van der Waals surface area contributed by atoms with E-state index in [0.29, 0.717) is 21.8 Å². The Morgan fingerprint density at radius 3 is 2.16 bits per heavy atom. The maximum atomic E-state index is 12.7. The first-order valence-corrected chi connectivity index (χ1v) is 10.9. The Labute approximate surface area is 204 Å². The Hall–Kier alpha value is -2.20. The van der Waals surface area contributed by atoms with E-state index in [4.69, 9.17) is 17.3 Å². The number of pyridine rings is 1. The number of anilines is 1. The molecule has 7 nitrogen and oxygen atoms in total. The number of amides is 1. The van der Waals surface area contributed by atoms with Crippen molar-refractivity contribution in [1.29, 1.82) is 0 Å². The minimum atomic E-state index is -3.69. The molecule has 11 heteroatoms. The van der Waals surface area contributed by atoms with E-state index in [1.165, 1.54) is 35.6 Å². The van der Waals surface area contributed by atoms with E-state index in [-0.39, 0.29) is 42.2 Å². The van der Waals surface area contributed by atoms with Gasteiger partial charge in [0, 0.05) is 48.3 Å². The van der Waals surface area contributed by atoms with E-state index in [9.17, 15) is 13.2 Å². The first kappa shape index (κ1) is 27.8. The van der Waals surface area contributed by atoms with Crippen LogP contribution in [0, 0.1) is 0 Å². The quantitative estimate of drug-likeness (QED) is 0.490. The second kappa shape index (κ2) is 12.2. The summed E-state index contributed by atoms with van der Waals surface area (Å²) in [4.78, 5) is 16.4. The van der Waals surface area contributed by atoms with Gasteiger partial charge in [0.25, 0.3) is 5.91 Å². The number of carbonyl (C=O) groups is 1. The molecule has 0 bridgehead atoms. The fourth-order valence-electron chi connectivity index (χ4n) is 2.79. The predicted molar refractivity (Wildman–Crippen MR) is 131 cm³/mol. The number of hydrogen-bond donors (Lipinski definition) is 2. The van der Waals surface area contributed by atoms with Crippen LogP contribution < -0.4 is 11.1 Å². The zero-order chi connectivity index (χ0) is 21.7. The molecule has 0 spiro atoms. The molecule has 3 N–H and O–H groups in total. The molecule has 3 aromatic rings. The van der Waals surface area contributed by atoms with Gasteiger partial charge in [0.2, 0.25) is 10.0 Å².